The van der Waals surface area contributed by atoms with Crippen molar-refractivity contribution in [1.29, 1.82) is 0 Å². The van der Waals surface area contributed by atoms with Gasteiger partial charge in [0.05, 0.1) is 13.2 Å². The standard InChI is InChI=1S/C4H9N3O3/c5-3(4(9)10)7-6-1-2-8/h6,8H,1-2H2,(H2,5,7)(H,9,10). The van der Waals surface area contributed by atoms with Crippen LogP contribution in [0.25, 0.3) is 0 Å². The highest BCUT2D eigenvalue weighted by molar-refractivity contribution is 6.33. The van der Waals surface area contributed by atoms with Gasteiger partial charge in [0.25, 0.3) is 0 Å². The molecule has 0 unspecified atom stereocenters. The predicted molar refractivity (Wildman–Crippen MR) is 34.3 cm³/mol. The van der Waals surface area contributed by atoms with Crippen LogP contribution in [-0.2, 0) is 4.79 Å². The summed E-state index contributed by atoms with van der Waals surface area (Å²) < 4.78 is 0. The van der Waals surface area contributed by atoms with E-state index >= 15 is 0 Å². The molecule has 0 aliphatic carbocycles. The van der Waals surface area contributed by atoms with Crippen molar-refractivity contribution in [3.63, 3.8) is 0 Å². The molecule has 0 aliphatic rings. The maximum Gasteiger partial charge on any atom is 0.373 e. The molecule has 0 saturated heterocycles. The van der Waals surface area contributed by atoms with E-state index in [4.69, 9.17) is 15.9 Å². The minimum absolute atomic E-state index is 0.115. The first kappa shape index (κ1) is 8.70. The molecule has 0 aliphatic heterocycles. The number of aliphatic hydroxyl groups is 1. The van der Waals surface area contributed by atoms with Gasteiger partial charge in [-0.3, -0.25) is 0 Å². The van der Waals surface area contributed by atoms with Crippen LogP contribution in [0.4, 0.5) is 0 Å². The third kappa shape index (κ3) is 3.67. The lowest BCUT2D eigenvalue weighted by molar-refractivity contribution is -0.129. The van der Waals surface area contributed by atoms with Gasteiger partial charge in [-0.15, -0.1) is 0 Å². The zero-order chi connectivity index (χ0) is 7.98. The van der Waals surface area contributed by atoms with Gasteiger partial charge in [-0.1, -0.05) is 0 Å². The average molecular weight is 147 g/mol. The number of amidine groups is 1. The lowest BCUT2D eigenvalue weighted by Crippen LogP contribution is -2.27. The highest BCUT2D eigenvalue weighted by atomic mass is 16.4. The molecule has 10 heavy (non-hydrogen) atoms. The predicted octanol–water partition coefficient (Wildman–Crippen LogP) is -2.07. The molecule has 0 aromatic carbocycles. The molecule has 0 bridgehead atoms. The average Bonchev–Trinajstić information content (AvgIpc) is 1.88. The van der Waals surface area contributed by atoms with Crippen molar-refractivity contribution < 1.29 is 15.0 Å². The lowest BCUT2D eigenvalue weighted by Gasteiger charge is -1.95. The van der Waals surface area contributed by atoms with Crippen LogP contribution >= 0.6 is 0 Å². The summed E-state index contributed by atoms with van der Waals surface area (Å²) in [4.78, 5) is 9.94. The van der Waals surface area contributed by atoms with Gasteiger partial charge in [0.1, 0.15) is 0 Å². The quantitative estimate of drug-likeness (QED) is 0.159. The van der Waals surface area contributed by atoms with Crippen LogP contribution in [0.15, 0.2) is 5.10 Å². The zero-order valence-corrected chi connectivity index (χ0v) is 5.24. The fourth-order valence-electron chi connectivity index (χ4n) is 0.239. The molecule has 0 spiro atoms. The summed E-state index contributed by atoms with van der Waals surface area (Å²) >= 11 is 0. The van der Waals surface area contributed by atoms with Gasteiger partial charge in [-0.05, 0) is 0 Å². The number of carboxylic acids is 1. The van der Waals surface area contributed by atoms with Gasteiger partial charge in [0.2, 0.25) is 5.84 Å². The fraction of sp³-hybridized carbons (Fsp3) is 0.500. The molecule has 0 amide bonds. The zero-order valence-electron chi connectivity index (χ0n) is 5.24. The number of nitrogens with two attached hydrogens (primary N) is 1. The van der Waals surface area contributed by atoms with E-state index in [0.717, 1.165) is 0 Å². The van der Waals surface area contributed by atoms with Crippen molar-refractivity contribution in [3.8, 4) is 0 Å². The second kappa shape index (κ2) is 4.57. The van der Waals surface area contributed by atoms with Crippen molar-refractivity contribution >= 4 is 11.8 Å². The molecule has 0 rings (SSSR count). The van der Waals surface area contributed by atoms with Crippen molar-refractivity contribution in [2.45, 2.75) is 0 Å². The molecule has 6 nitrogen and oxygen atoms in total. The van der Waals surface area contributed by atoms with E-state index in [2.05, 4.69) is 10.5 Å². The van der Waals surface area contributed by atoms with Gasteiger partial charge in [-0.25, -0.2) is 4.79 Å². The number of nitrogens with one attached hydrogen (secondary N) is 1. The van der Waals surface area contributed by atoms with Gasteiger partial charge in [0.15, 0.2) is 0 Å². The molecule has 5 N–H and O–H groups in total. The second-order valence-electron chi connectivity index (χ2n) is 1.43. The minimum atomic E-state index is -1.29. The Bertz CT molecular complexity index is 145. The molecule has 0 heterocycles. The van der Waals surface area contributed by atoms with Crippen LogP contribution < -0.4 is 11.2 Å². The SMILES string of the molecule is NC(=NNCCO)C(=O)O. The first-order valence-corrected chi connectivity index (χ1v) is 2.58. The number of aliphatic carboxylic acids is 1. The van der Waals surface area contributed by atoms with E-state index in [1.54, 1.807) is 0 Å². The summed E-state index contributed by atoms with van der Waals surface area (Å²) in [5.41, 5.74) is 7.11. The highest BCUT2D eigenvalue weighted by Crippen LogP contribution is 1.65. The van der Waals surface area contributed by atoms with Crippen LogP contribution in [0, 0.1) is 0 Å². The molecule has 0 radical (unpaired) electrons. The Balaban J connectivity index is 3.58. The largest absolute Gasteiger partial charge is 0.475 e. The Labute approximate surface area is 57.3 Å². The number of hydrogen-bond donors (Lipinski definition) is 4. The Morgan fingerprint density at radius 3 is 2.70 bits per heavy atom. The van der Waals surface area contributed by atoms with E-state index < -0.39 is 11.8 Å². The molecule has 0 saturated carbocycles. The summed E-state index contributed by atoms with van der Waals surface area (Å²) in [6.45, 7) is 0.0738. The van der Waals surface area contributed by atoms with Gasteiger partial charge in [-0.2, -0.15) is 5.10 Å². The first-order valence-electron chi connectivity index (χ1n) is 2.58. The smallest absolute Gasteiger partial charge is 0.373 e. The van der Waals surface area contributed by atoms with Crippen LogP contribution in [0.3, 0.4) is 0 Å². The van der Waals surface area contributed by atoms with Crippen LogP contribution in [-0.4, -0.2) is 35.2 Å². The highest BCUT2D eigenvalue weighted by Gasteiger charge is 2.00. The number of nitrogens with zero attached hydrogens (tertiary/aromatic N) is 1. The van der Waals surface area contributed by atoms with Crippen LogP contribution in [0.2, 0.25) is 0 Å². The molecule has 0 aromatic heterocycles. The number of hydrazone groups is 1. The fourth-order valence-corrected chi connectivity index (χ4v) is 0.239. The third-order valence-electron chi connectivity index (χ3n) is 0.642. The summed E-state index contributed by atoms with van der Waals surface area (Å²) in [7, 11) is 0. The number of carboxylic acid groups (broad SMARTS) is 1. The van der Waals surface area contributed by atoms with Gasteiger partial charge < -0.3 is 21.4 Å². The van der Waals surface area contributed by atoms with E-state index in [1.165, 1.54) is 0 Å². The van der Waals surface area contributed by atoms with Crippen molar-refractivity contribution in [2.75, 3.05) is 13.2 Å². The van der Waals surface area contributed by atoms with E-state index in [1.807, 2.05) is 0 Å². The summed E-state index contributed by atoms with van der Waals surface area (Å²) in [5, 5.41) is 19.5. The topological polar surface area (TPSA) is 108 Å². The molecule has 0 atom stereocenters. The van der Waals surface area contributed by atoms with Crippen molar-refractivity contribution in [1.82, 2.24) is 5.43 Å². The molecule has 58 valence electrons. The summed E-state index contributed by atoms with van der Waals surface area (Å²) in [5.74, 6) is -1.81. The lowest BCUT2D eigenvalue weighted by atomic mass is 10.6. The van der Waals surface area contributed by atoms with Crippen molar-refractivity contribution in [3.05, 3.63) is 0 Å². The van der Waals surface area contributed by atoms with E-state index in [9.17, 15) is 4.79 Å². The Kier molecular flexibility index (Phi) is 3.97. The Morgan fingerprint density at radius 1 is 1.70 bits per heavy atom. The molecule has 0 aromatic rings. The molecular weight excluding hydrogens is 138 g/mol. The minimum Gasteiger partial charge on any atom is -0.475 e. The molecule has 0 fully saturated rings. The maximum atomic E-state index is 9.94. The number of carbonyl (C=O) groups is 1. The Hall–Kier alpha value is -1.30. The van der Waals surface area contributed by atoms with Crippen molar-refractivity contribution in [2.24, 2.45) is 10.8 Å². The van der Waals surface area contributed by atoms with Crippen LogP contribution in [0.5, 0.6) is 0 Å². The second-order valence-corrected chi connectivity index (χ2v) is 1.43. The monoisotopic (exact) mass is 147 g/mol. The van der Waals surface area contributed by atoms with E-state index in [-0.39, 0.29) is 13.2 Å². The number of aliphatic hydroxyl groups excluding tert-OH is 1. The summed E-state index contributed by atoms with van der Waals surface area (Å²) in [6, 6.07) is 0. The normalized spacial score (nSPS) is 11.1. The Morgan fingerprint density at radius 2 is 2.30 bits per heavy atom. The first-order chi connectivity index (χ1) is 4.68. The van der Waals surface area contributed by atoms with Crippen LogP contribution in [0.1, 0.15) is 0 Å². The van der Waals surface area contributed by atoms with E-state index in [0.29, 0.717) is 0 Å². The number of hydrogen-bond acceptors (Lipinski definition) is 4. The van der Waals surface area contributed by atoms with Gasteiger partial charge in [0, 0.05) is 0 Å². The number of rotatable bonds is 3. The molecular formula is C4H9N3O3. The summed E-state index contributed by atoms with van der Waals surface area (Å²) in [6.07, 6.45) is 0. The third-order valence-corrected chi connectivity index (χ3v) is 0.642. The van der Waals surface area contributed by atoms with Gasteiger partial charge >= 0.3 is 5.97 Å². The maximum absolute atomic E-state index is 9.94. The molecule has 6 heteroatoms.